The first-order valence-electron chi connectivity index (χ1n) is 9.57. The number of hydrogen-bond donors (Lipinski definition) is 4. The monoisotopic (exact) mass is 453 g/mol. The first kappa shape index (κ1) is 24.3. The Morgan fingerprint density at radius 1 is 1.19 bits per heavy atom. The number of nitrogens with zero attached hydrogens (tertiary/aromatic N) is 1. The van der Waals surface area contributed by atoms with Gasteiger partial charge in [-0.1, -0.05) is 6.07 Å². The standard InChI is InChI=1S/C19H23N5O6.ClH/c20-6-8-30-9-7-21-15(26)10-22-12-3-1-2-11-16(12)19(29)24(18(11)28)13-4-5-14(25)23-17(13)27;/h1-3,13,22H,4-10,20H2,(H,21,26)(H,23,25,27);1H. The topological polar surface area (TPSA) is 160 Å². The van der Waals surface area contributed by atoms with Crippen molar-refractivity contribution in [2.24, 2.45) is 5.73 Å². The highest BCUT2D eigenvalue weighted by atomic mass is 35.5. The van der Waals surface area contributed by atoms with Crippen LogP contribution in [0.4, 0.5) is 5.69 Å². The van der Waals surface area contributed by atoms with E-state index < -0.39 is 29.7 Å². The molecule has 0 spiro atoms. The Balaban J connectivity index is 0.00000341. The number of carbonyl (C=O) groups excluding carboxylic acids is 5. The summed E-state index contributed by atoms with van der Waals surface area (Å²) in [5.74, 6) is -2.67. The van der Waals surface area contributed by atoms with E-state index in [2.05, 4.69) is 16.0 Å². The van der Waals surface area contributed by atoms with E-state index in [0.29, 0.717) is 32.0 Å². The maximum Gasteiger partial charge on any atom is 0.264 e. The van der Waals surface area contributed by atoms with Crippen LogP contribution in [-0.4, -0.2) is 73.3 Å². The molecule has 2 aliphatic heterocycles. The zero-order chi connectivity index (χ0) is 21.7. The fourth-order valence-corrected chi connectivity index (χ4v) is 3.35. The SMILES string of the molecule is Cl.NCCOCCNC(=O)CNc1cccc2c1C(=O)N(C1CCC(=O)NC1=O)C2=O. The lowest BCUT2D eigenvalue weighted by Crippen LogP contribution is -2.54. The molecule has 0 bridgehead atoms. The quantitative estimate of drug-likeness (QED) is 0.274. The number of rotatable bonds is 9. The molecule has 168 valence electrons. The van der Waals surface area contributed by atoms with E-state index in [4.69, 9.17) is 10.5 Å². The molecule has 0 aliphatic carbocycles. The number of nitrogens with one attached hydrogen (secondary N) is 3. The Bertz CT molecular complexity index is 893. The molecule has 2 aliphatic rings. The number of fused-ring (bicyclic) bond motifs is 1. The van der Waals surface area contributed by atoms with Crippen LogP contribution in [0.25, 0.3) is 0 Å². The Morgan fingerprint density at radius 2 is 1.97 bits per heavy atom. The first-order valence-corrected chi connectivity index (χ1v) is 9.57. The van der Waals surface area contributed by atoms with Gasteiger partial charge in [0.05, 0.1) is 30.9 Å². The number of carbonyl (C=O) groups is 5. The van der Waals surface area contributed by atoms with Gasteiger partial charge in [0.15, 0.2) is 0 Å². The molecule has 5 amide bonds. The number of piperidine rings is 1. The highest BCUT2D eigenvalue weighted by molar-refractivity contribution is 6.25. The summed E-state index contributed by atoms with van der Waals surface area (Å²) in [4.78, 5) is 62.1. The number of anilines is 1. The van der Waals surface area contributed by atoms with Crippen LogP contribution in [0.1, 0.15) is 33.6 Å². The molecule has 3 rings (SSSR count). The van der Waals surface area contributed by atoms with Crippen molar-refractivity contribution in [2.75, 3.05) is 38.2 Å². The van der Waals surface area contributed by atoms with Crippen molar-refractivity contribution in [1.29, 1.82) is 0 Å². The highest BCUT2D eigenvalue weighted by Gasteiger charge is 2.45. The fourth-order valence-electron chi connectivity index (χ4n) is 3.35. The summed E-state index contributed by atoms with van der Waals surface area (Å²) in [5, 5.41) is 7.67. The van der Waals surface area contributed by atoms with Crippen LogP contribution in [0.5, 0.6) is 0 Å². The van der Waals surface area contributed by atoms with Gasteiger partial charge in [-0.25, -0.2) is 0 Å². The smallest absolute Gasteiger partial charge is 0.264 e. The normalized spacial score (nSPS) is 17.7. The lowest BCUT2D eigenvalue weighted by Gasteiger charge is -2.27. The van der Waals surface area contributed by atoms with E-state index in [9.17, 15) is 24.0 Å². The summed E-state index contributed by atoms with van der Waals surface area (Å²) in [5.41, 5.74) is 5.87. The van der Waals surface area contributed by atoms with Crippen molar-refractivity contribution in [3.63, 3.8) is 0 Å². The van der Waals surface area contributed by atoms with E-state index in [-0.39, 0.29) is 48.8 Å². The van der Waals surface area contributed by atoms with Crippen LogP contribution in [0, 0.1) is 0 Å². The number of halogens is 1. The molecule has 0 saturated carbocycles. The molecule has 2 heterocycles. The zero-order valence-electron chi connectivity index (χ0n) is 16.6. The van der Waals surface area contributed by atoms with Gasteiger partial charge in [0, 0.05) is 25.2 Å². The largest absolute Gasteiger partial charge is 0.378 e. The van der Waals surface area contributed by atoms with E-state index in [0.717, 1.165) is 4.90 Å². The summed E-state index contributed by atoms with van der Waals surface area (Å²) >= 11 is 0. The molecule has 1 aromatic rings. The lowest BCUT2D eigenvalue weighted by atomic mass is 10.0. The molecule has 0 radical (unpaired) electrons. The van der Waals surface area contributed by atoms with E-state index in [1.54, 1.807) is 12.1 Å². The average molecular weight is 454 g/mol. The van der Waals surface area contributed by atoms with Crippen LogP contribution in [0.2, 0.25) is 0 Å². The van der Waals surface area contributed by atoms with Crippen LogP contribution < -0.4 is 21.7 Å². The number of amides is 5. The third-order valence-corrected chi connectivity index (χ3v) is 4.74. The number of hydrogen-bond acceptors (Lipinski definition) is 8. The summed E-state index contributed by atoms with van der Waals surface area (Å²) in [6.07, 6.45) is 0.123. The molecule has 1 fully saturated rings. The molecule has 5 N–H and O–H groups in total. The molecule has 1 unspecified atom stereocenters. The van der Waals surface area contributed by atoms with Gasteiger partial charge in [0.25, 0.3) is 11.8 Å². The van der Waals surface area contributed by atoms with Crippen molar-refractivity contribution in [2.45, 2.75) is 18.9 Å². The second-order valence-electron chi connectivity index (χ2n) is 6.78. The molecular formula is C19H24ClN5O6. The van der Waals surface area contributed by atoms with Crippen LogP contribution in [0.3, 0.4) is 0 Å². The highest BCUT2D eigenvalue weighted by Crippen LogP contribution is 2.32. The van der Waals surface area contributed by atoms with Crippen molar-refractivity contribution in [3.05, 3.63) is 29.3 Å². The maximum absolute atomic E-state index is 12.9. The summed E-state index contributed by atoms with van der Waals surface area (Å²) in [6, 6.07) is 3.61. The number of imide groups is 2. The fraction of sp³-hybridized carbons (Fsp3) is 0.421. The Morgan fingerprint density at radius 3 is 2.68 bits per heavy atom. The van der Waals surface area contributed by atoms with Gasteiger partial charge in [-0.2, -0.15) is 0 Å². The van der Waals surface area contributed by atoms with E-state index >= 15 is 0 Å². The molecular weight excluding hydrogens is 430 g/mol. The number of nitrogens with two attached hydrogens (primary N) is 1. The molecule has 12 heteroatoms. The van der Waals surface area contributed by atoms with E-state index in [1.165, 1.54) is 6.07 Å². The molecule has 1 aromatic carbocycles. The minimum atomic E-state index is -1.04. The van der Waals surface area contributed by atoms with Crippen LogP contribution in [-0.2, 0) is 19.1 Å². The minimum absolute atomic E-state index is 0. The third kappa shape index (κ3) is 5.37. The minimum Gasteiger partial charge on any atom is -0.378 e. The Hall–Kier alpha value is -3.02. The molecule has 1 saturated heterocycles. The summed E-state index contributed by atoms with van der Waals surface area (Å²) in [7, 11) is 0. The second kappa shape index (κ2) is 10.8. The summed E-state index contributed by atoms with van der Waals surface area (Å²) < 4.78 is 5.17. The van der Waals surface area contributed by atoms with Gasteiger partial charge >= 0.3 is 0 Å². The predicted molar refractivity (Wildman–Crippen MR) is 112 cm³/mol. The van der Waals surface area contributed by atoms with Crippen molar-refractivity contribution < 1.29 is 28.7 Å². The molecule has 1 atom stereocenters. The van der Waals surface area contributed by atoms with Gasteiger partial charge < -0.3 is 21.1 Å². The van der Waals surface area contributed by atoms with Gasteiger partial charge in [-0.3, -0.25) is 34.2 Å². The van der Waals surface area contributed by atoms with Gasteiger partial charge in [-0.15, -0.1) is 12.4 Å². The summed E-state index contributed by atoms with van der Waals surface area (Å²) in [6.45, 7) is 1.33. The predicted octanol–water partition coefficient (Wildman–Crippen LogP) is -0.987. The van der Waals surface area contributed by atoms with Crippen LogP contribution in [0.15, 0.2) is 18.2 Å². The Kier molecular flexibility index (Phi) is 8.48. The second-order valence-corrected chi connectivity index (χ2v) is 6.78. The third-order valence-electron chi connectivity index (χ3n) is 4.74. The molecule has 0 aromatic heterocycles. The zero-order valence-corrected chi connectivity index (χ0v) is 17.5. The van der Waals surface area contributed by atoms with E-state index in [1.807, 2.05) is 0 Å². The maximum atomic E-state index is 12.9. The van der Waals surface area contributed by atoms with Gasteiger partial charge in [-0.05, 0) is 18.6 Å². The molecule has 31 heavy (non-hydrogen) atoms. The number of ether oxygens (including phenoxy) is 1. The van der Waals surface area contributed by atoms with Crippen molar-refractivity contribution >= 4 is 47.6 Å². The number of benzene rings is 1. The van der Waals surface area contributed by atoms with Gasteiger partial charge in [0.2, 0.25) is 17.7 Å². The van der Waals surface area contributed by atoms with Crippen molar-refractivity contribution in [3.8, 4) is 0 Å². The van der Waals surface area contributed by atoms with Crippen molar-refractivity contribution in [1.82, 2.24) is 15.5 Å². The molecule has 11 nitrogen and oxygen atoms in total. The first-order chi connectivity index (χ1) is 14.4. The average Bonchev–Trinajstić information content (AvgIpc) is 2.97. The van der Waals surface area contributed by atoms with Gasteiger partial charge in [0.1, 0.15) is 6.04 Å². The Labute approximate surface area is 184 Å². The lowest BCUT2D eigenvalue weighted by molar-refractivity contribution is -0.136. The van der Waals surface area contributed by atoms with Crippen LogP contribution >= 0.6 is 12.4 Å².